The van der Waals surface area contributed by atoms with Gasteiger partial charge in [0.1, 0.15) is 12.4 Å². The minimum absolute atomic E-state index is 0.192. The molecule has 1 unspecified atom stereocenters. The summed E-state index contributed by atoms with van der Waals surface area (Å²) in [5.74, 6) is 0.916. The molecule has 1 N–H and O–H groups in total. The lowest BCUT2D eigenvalue weighted by molar-refractivity contribution is 0.163. The molecule has 3 heteroatoms. The van der Waals surface area contributed by atoms with Crippen molar-refractivity contribution >= 4 is 0 Å². The van der Waals surface area contributed by atoms with E-state index in [1.165, 1.54) is 11.1 Å². The topological polar surface area (TPSA) is 30.5 Å². The van der Waals surface area contributed by atoms with Gasteiger partial charge in [0.25, 0.3) is 0 Å². The Kier molecular flexibility index (Phi) is 6.25. The molecule has 0 aliphatic heterocycles. The maximum Gasteiger partial charge on any atom is 0.119 e. The fourth-order valence-electron chi connectivity index (χ4n) is 2.23. The van der Waals surface area contributed by atoms with Crippen LogP contribution in [0.15, 0.2) is 54.6 Å². The zero-order chi connectivity index (χ0) is 14.9. The molecule has 2 aromatic rings. The third kappa shape index (κ3) is 5.21. The quantitative estimate of drug-likeness (QED) is 0.755. The van der Waals surface area contributed by atoms with Crippen LogP contribution in [0.2, 0.25) is 0 Å². The van der Waals surface area contributed by atoms with E-state index in [0.29, 0.717) is 13.2 Å². The van der Waals surface area contributed by atoms with Crippen LogP contribution in [-0.4, -0.2) is 26.9 Å². The summed E-state index contributed by atoms with van der Waals surface area (Å²) in [6.07, 6.45) is 0. The molecule has 1 atom stereocenters. The molecule has 0 bridgehead atoms. The van der Waals surface area contributed by atoms with Crippen molar-refractivity contribution in [3.63, 3.8) is 0 Å². The maximum absolute atomic E-state index is 5.75. The van der Waals surface area contributed by atoms with Crippen molar-refractivity contribution in [3.8, 4) is 5.75 Å². The van der Waals surface area contributed by atoms with Crippen molar-refractivity contribution in [2.75, 3.05) is 26.9 Å². The molecule has 0 saturated carbocycles. The third-order valence-corrected chi connectivity index (χ3v) is 3.29. The summed E-state index contributed by atoms with van der Waals surface area (Å²) in [5.41, 5.74) is 2.44. The van der Waals surface area contributed by atoms with Crippen molar-refractivity contribution < 1.29 is 9.47 Å². The number of hydrogen-bond donors (Lipinski definition) is 1. The van der Waals surface area contributed by atoms with Crippen LogP contribution in [0.4, 0.5) is 0 Å². The van der Waals surface area contributed by atoms with Crippen molar-refractivity contribution in [1.82, 2.24) is 5.32 Å². The van der Waals surface area contributed by atoms with Crippen LogP contribution in [0.25, 0.3) is 0 Å². The molecule has 2 aromatic carbocycles. The van der Waals surface area contributed by atoms with Gasteiger partial charge in [-0.25, -0.2) is 0 Å². The Morgan fingerprint density at radius 2 is 1.86 bits per heavy atom. The van der Waals surface area contributed by atoms with Gasteiger partial charge in [-0.05, 0) is 30.2 Å². The van der Waals surface area contributed by atoms with E-state index < -0.39 is 0 Å². The van der Waals surface area contributed by atoms with E-state index in [1.807, 2.05) is 36.4 Å². The highest BCUT2D eigenvalue weighted by atomic mass is 16.5. The summed E-state index contributed by atoms with van der Waals surface area (Å²) in [6.45, 7) is 4.12. The third-order valence-electron chi connectivity index (χ3n) is 3.29. The number of benzene rings is 2. The van der Waals surface area contributed by atoms with Crippen molar-refractivity contribution in [3.05, 3.63) is 65.7 Å². The lowest BCUT2D eigenvalue weighted by Gasteiger charge is -2.18. The second kappa shape index (κ2) is 8.45. The number of hydrogen-bond acceptors (Lipinski definition) is 3. The second-order valence-electron chi connectivity index (χ2n) is 5.04. The Balaban J connectivity index is 1.80. The van der Waals surface area contributed by atoms with Gasteiger partial charge in [-0.15, -0.1) is 0 Å². The molecular formula is C18H23NO2. The predicted molar refractivity (Wildman–Crippen MR) is 85.7 cm³/mol. The van der Waals surface area contributed by atoms with E-state index in [2.05, 4.69) is 30.4 Å². The molecule has 3 nitrogen and oxygen atoms in total. The average Bonchev–Trinajstić information content (AvgIpc) is 2.51. The largest absolute Gasteiger partial charge is 0.492 e. The SMILES string of the molecule is COCC(NCCOc1cccc(C)c1)c1ccccc1. The zero-order valence-corrected chi connectivity index (χ0v) is 12.7. The minimum atomic E-state index is 0.192. The smallest absolute Gasteiger partial charge is 0.119 e. The first kappa shape index (κ1) is 15.5. The standard InChI is InChI=1S/C18H23NO2/c1-15-7-6-10-17(13-15)21-12-11-19-18(14-20-2)16-8-4-3-5-9-16/h3-10,13,18-19H,11-12,14H2,1-2H3. The molecule has 0 aliphatic rings. The minimum Gasteiger partial charge on any atom is -0.492 e. The summed E-state index contributed by atoms with van der Waals surface area (Å²) < 4.78 is 11.0. The van der Waals surface area contributed by atoms with Gasteiger partial charge in [-0.2, -0.15) is 0 Å². The number of rotatable bonds is 8. The molecule has 0 heterocycles. The van der Waals surface area contributed by atoms with E-state index in [1.54, 1.807) is 7.11 Å². The molecule has 0 aliphatic carbocycles. The Bertz CT molecular complexity index is 528. The maximum atomic E-state index is 5.75. The lowest BCUT2D eigenvalue weighted by Crippen LogP contribution is -2.29. The molecular weight excluding hydrogens is 262 g/mol. The summed E-state index contributed by atoms with van der Waals surface area (Å²) in [6, 6.07) is 18.6. The first-order chi connectivity index (χ1) is 10.3. The van der Waals surface area contributed by atoms with Gasteiger partial charge in [0, 0.05) is 13.7 Å². The van der Waals surface area contributed by atoms with Gasteiger partial charge < -0.3 is 14.8 Å². The van der Waals surface area contributed by atoms with Gasteiger partial charge in [0.05, 0.1) is 12.6 Å². The Labute approximate surface area is 126 Å². The van der Waals surface area contributed by atoms with Crippen LogP contribution >= 0.6 is 0 Å². The number of methoxy groups -OCH3 is 1. The van der Waals surface area contributed by atoms with Crippen LogP contribution in [0.5, 0.6) is 5.75 Å². The van der Waals surface area contributed by atoms with Crippen LogP contribution in [0.1, 0.15) is 17.2 Å². The molecule has 0 fully saturated rings. The second-order valence-corrected chi connectivity index (χ2v) is 5.04. The molecule has 0 radical (unpaired) electrons. The lowest BCUT2D eigenvalue weighted by atomic mass is 10.1. The zero-order valence-electron chi connectivity index (χ0n) is 12.7. The fraction of sp³-hybridized carbons (Fsp3) is 0.333. The summed E-state index contributed by atoms with van der Waals surface area (Å²) in [7, 11) is 1.72. The highest BCUT2D eigenvalue weighted by Crippen LogP contribution is 2.13. The van der Waals surface area contributed by atoms with Crippen molar-refractivity contribution in [2.24, 2.45) is 0 Å². The molecule has 112 valence electrons. The summed E-state index contributed by atoms with van der Waals surface area (Å²) >= 11 is 0. The number of nitrogens with one attached hydrogen (secondary N) is 1. The normalized spacial score (nSPS) is 12.1. The number of aryl methyl sites for hydroxylation is 1. The van der Waals surface area contributed by atoms with Crippen LogP contribution in [0, 0.1) is 6.92 Å². The monoisotopic (exact) mass is 285 g/mol. The van der Waals surface area contributed by atoms with Crippen molar-refractivity contribution in [2.45, 2.75) is 13.0 Å². The highest BCUT2D eigenvalue weighted by Gasteiger charge is 2.09. The van der Waals surface area contributed by atoms with Gasteiger partial charge in [0.2, 0.25) is 0 Å². The van der Waals surface area contributed by atoms with Crippen LogP contribution in [0.3, 0.4) is 0 Å². The highest BCUT2D eigenvalue weighted by molar-refractivity contribution is 5.27. The van der Waals surface area contributed by atoms with E-state index in [9.17, 15) is 0 Å². The van der Waals surface area contributed by atoms with Gasteiger partial charge in [-0.3, -0.25) is 0 Å². The van der Waals surface area contributed by atoms with E-state index >= 15 is 0 Å². The van der Waals surface area contributed by atoms with Gasteiger partial charge >= 0.3 is 0 Å². The first-order valence-electron chi connectivity index (χ1n) is 7.26. The van der Waals surface area contributed by atoms with Crippen LogP contribution in [-0.2, 0) is 4.74 Å². The Morgan fingerprint density at radius 3 is 2.57 bits per heavy atom. The molecule has 2 rings (SSSR count). The van der Waals surface area contributed by atoms with Gasteiger partial charge in [0.15, 0.2) is 0 Å². The van der Waals surface area contributed by atoms with Crippen molar-refractivity contribution in [1.29, 1.82) is 0 Å². The summed E-state index contributed by atoms with van der Waals surface area (Å²) in [5, 5.41) is 3.47. The molecule has 0 amide bonds. The molecule has 0 saturated heterocycles. The molecule has 0 aromatic heterocycles. The Morgan fingerprint density at radius 1 is 1.05 bits per heavy atom. The fourth-order valence-corrected chi connectivity index (χ4v) is 2.23. The predicted octanol–water partition coefficient (Wildman–Crippen LogP) is 3.35. The van der Waals surface area contributed by atoms with E-state index in [0.717, 1.165) is 12.3 Å². The van der Waals surface area contributed by atoms with Gasteiger partial charge in [-0.1, -0.05) is 42.5 Å². The van der Waals surface area contributed by atoms with Crippen LogP contribution < -0.4 is 10.1 Å². The average molecular weight is 285 g/mol. The molecule has 0 spiro atoms. The Hall–Kier alpha value is -1.84. The first-order valence-corrected chi connectivity index (χ1v) is 7.26. The summed E-state index contributed by atoms with van der Waals surface area (Å²) in [4.78, 5) is 0. The molecule has 21 heavy (non-hydrogen) atoms. The van der Waals surface area contributed by atoms with E-state index in [4.69, 9.17) is 9.47 Å². The van der Waals surface area contributed by atoms with E-state index in [-0.39, 0.29) is 6.04 Å². The number of ether oxygens (including phenoxy) is 2.